The molecule has 0 saturated heterocycles. The fourth-order valence-electron chi connectivity index (χ4n) is 1.77. The maximum Gasteiger partial charge on any atom is 0.191 e. The van der Waals surface area contributed by atoms with Gasteiger partial charge in [0, 0.05) is 36.7 Å². The molecule has 2 N–H and O–H groups in total. The molecule has 0 unspecified atom stereocenters. The van der Waals surface area contributed by atoms with Crippen LogP contribution in [-0.2, 0) is 6.42 Å². The van der Waals surface area contributed by atoms with E-state index in [1.54, 1.807) is 23.1 Å². The lowest BCUT2D eigenvalue weighted by Crippen LogP contribution is -2.09. The Labute approximate surface area is 134 Å². The predicted molar refractivity (Wildman–Crippen MR) is 91.6 cm³/mol. The molecule has 0 amide bonds. The lowest BCUT2D eigenvalue weighted by molar-refractivity contribution is 0.913. The van der Waals surface area contributed by atoms with Gasteiger partial charge in [0.25, 0.3) is 0 Å². The Morgan fingerprint density at radius 1 is 1.14 bits per heavy atom. The van der Waals surface area contributed by atoms with Gasteiger partial charge in [-0.25, -0.2) is 15.0 Å². The second kappa shape index (κ2) is 8.19. The summed E-state index contributed by atoms with van der Waals surface area (Å²) in [7, 11) is 0. The number of rotatable bonds is 8. The molecule has 0 aromatic carbocycles. The zero-order valence-electron chi connectivity index (χ0n) is 12.6. The van der Waals surface area contributed by atoms with Crippen molar-refractivity contribution in [3.8, 4) is 0 Å². The molecule has 0 aliphatic carbocycles. The van der Waals surface area contributed by atoms with E-state index in [4.69, 9.17) is 0 Å². The Morgan fingerprint density at radius 3 is 2.43 bits per heavy atom. The topological polar surface area (TPSA) is 62.7 Å². The highest BCUT2D eigenvalue weighted by Crippen LogP contribution is 2.17. The standard InChI is InChI=1S/C14H21N5S2/c1-4-6-15-11-8-12(19-14(18-11)20-3)16-7-5-13-17-10(2)9-21-13/h8-9H,4-7H2,1-3H3,(H2,15,16,18,19). The molecule has 0 radical (unpaired) electrons. The average molecular weight is 323 g/mol. The molecule has 7 heteroatoms. The van der Waals surface area contributed by atoms with Crippen LogP contribution in [0.1, 0.15) is 24.0 Å². The van der Waals surface area contributed by atoms with Crippen molar-refractivity contribution in [1.29, 1.82) is 0 Å². The Kier molecular flexibility index (Phi) is 6.25. The van der Waals surface area contributed by atoms with Crippen LogP contribution < -0.4 is 10.6 Å². The summed E-state index contributed by atoms with van der Waals surface area (Å²) in [4.78, 5) is 13.4. The van der Waals surface area contributed by atoms with Crippen molar-refractivity contribution in [3.63, 3.8) is 0 Å². The van der Waals surface area contributed by atoms with E-state index in [2.05, 4.69) is 37.9 Å². The number of hydrogen-bond donors (Lipinski definition) is 2. The van der Waals surface area contributed by atoms with Crippen LogP contribution in [0.2, 0.25) is 0 Å². The number of aromatic nitrogens is 3. The number of aryl methyl sites for hydroxylation is 1. The Morgan fingerprint density at radius 2 is 1.86 bits per heavy atom. The third kappa shape index (κ3) is 5.17. The molecule has 2 heterocycles. The number of thiazole rings is 1. The van der Waals surface area contributed by atoms with Crippen molar-refractivity contribution in [2.45, 2.75) is 31.8 Å². The molecule has 114 valence electrons. The third-order valence-electron chi connectivity index (χ3n) is 2.76. The van der Waals surface area contributed by atoms with E-state index >= 15 is 0 Å². The van der Waals surface area contributed by atoms with E-state index < -0.39 is 0 Å². The number of nitrogens with one attached hydrogen (secondary N) is 2. The van der Waals surface area contributed by atoms with Crippen LogP contribution in [0.5, 0.6) is 0 Å². The van der Waals surface area contributed by atoms with Crippen LogP contribution in [0.25, 0.3) is 0 Å². The minimum absolute atomic E-state index is 0.781. The SMILES string of the molecule is CCCNc1cc(NCCc2nc(C)cs2)nc(SC)n1. The number of nitrogens with zero attached hydrogens (tertiary/aromatic N) is 3. The first-order valence-corrected chi connectivity index (χ1v) is 9.13. The lowest BCUT2D eigenvalue weighted by atomic mass is 10.4. The minimum atomic E-state index is 0.781. The van der Waals surface area contributed by atoms with Gasteiger partial charge in [-0.2, -0.15) is 0 Å². The highest BCUT2D eigenvalue weighted by Gasteiger charge is 2.04. The van der Waals surface area contributed by atoms with Gasteiger partial charge in [0.15, 0.2) is 5.16 Å². The van der Waals surface area contributed by atoms with Crippen molar-refractivity contribution >= 4 is 34.7 Å². The van der Waals surface area contributed by atoms with Gasteiger partial charge >= 0.3 is 0 Å². The van der Waals surface area contributed by atoms with Gasteiger partial charge in [0.2, 0.25) is 0 Å². The highest BCUT2D eigenvalue weighted by molar-refractivity contribution is 7.98. The first kappa shape index (κ1) is 16.0. The van der Waals surface area contributed by atoms with Crippen molar-refractivity contribution in [3.05, 3.63) is 22.1 Å². The smallest absolute Gasteiger partial charge is 0.191 e. The van der Waals surface area contributed by atoms with Gasteiger partial charge in [0.05, 0.1) is 5.01 Å². The molecular weight excluding hydrogens is 302 g/mol. The molecule has 5 nitrogen and oxygen atoms in total. The summed E-state index contributed by atoms with van der Waals surface area (Å²) >= 11 is 3.26. The molecule has 0 fully saturated rings. The molecule has 0 bridgehead atoms. The molecule has 2 aromatic rings. The summed E-state index contributed by atoms with van der Waals surface area (Å²) in [6.45, 7) is 5.90. The van der Waals surface area contributed by atoms with Gasteiger partial charge in [-0.05, 0) is 19.6 Å². The molecular formula is C14H21N5S2. The Bertz CT molecular complexity index is 570. The first-order chi connectivity index (χ1) is 10.2. The van der Waals surface area contributed by atoms with Crippen LogP contribution >= 0.6 is 23.1 Å². The Balaban J connectivity index is 1.94. The summed E-state index contributed by atoms with van der Waals surface area (Å²) < 4.78 is 0. The van der Waals surface area contributed by atoms with E-state index in [9.17, 15) is 0 Å². The van der Waals surface area contributed by atoms with Gasteiger partial charge in [0.1, 0.15) is 11.6 Å². The molecule has 0 aliphatic rings. The van der Waals surface area contributed by atoms with Crippen molar-refractivity contribution in [1.82, 2.24) is 15.0 Å². The molecule has 0 atom stereocenters. The van der Waals surface area contributed by atoms with Crippen LogP contribution in [0.4, 0.5) is 11.6 Å². The predicted octanol–water partition coefficient (Wildman–Crippen LogP) is 3.44. The van der Waals surface area contributed by atoms with E-state index in [1.165, 1.54) is 0 Å². The first-order valence-electron chi connectivity index (χ1n) is 7.03. The van der Waals surface area contributed by atoms with Crippen molar-refractivity contribution in [2.75, 3.05) is 30.0 Å². The largest absolute Gasteiger partial charge is 0.370 e. The second-order valence-corrected chi connectivity index (χ2v) is 6.33. The van der Waals surface area contributed by atoms with Gasteiger partial charge in [-0.3, -0.25) is 0 Å². The number of anilines is 2. The second-order valence-electron chi connectivity index (χ2n) is 4.61. The zero-order valence-corrected chi connectivity index (χ0v) is 14.3. The highest BCUT2D eigenvalue weighted by atomic mass is 32.2. The minimum Gasteiger partial charge on any atom is -0.370 e. The fourth-order valence-corrected chi connectivity index (χ4v) is 2.92. The summed E-state index contributed by atoms with van der Waals surface area (Å²) in [5.41, 5.74) is 1.09. The maximum atomic E-state index is 4.48. The summed E-state index contributed by atoms with van der Waals surface area (Å²) in [5.74, 6) is 1.74. The summed E-state index contributed by atoms with van der Waals surface area (Å²) in [6.07, 6.45) is 3.97. The van der Waals surface area contributed by atoms with Crippen molar-refractivity contribution in [2.24, 2.45) is 0 Å². The number of hydrogen-bond acceptors (Lipinski definition) is 7. The van der Waals surface area contributed by atoms with Crippen molar-refractivity contribution < 1.29 is 0 Å². The van der Waals surface area contributed by atoms with Gasteiger partial charge < -0.3 is 10.6 Å². The molecule has 0 saturated carbocycles. The zero-order chi connectivity index (χ0) is 15.1. The number of thioether (sulfide) groups is 1. The lowest BCUT2D eigenvalue weighted by Gasteiger charge is -2.09. The van der Waals surface area contributed by atoms with E-state index in [1.807, 2.05) is 19.2 Å². The Hall–Kier alpha value is -1.34. The quantitative estimate of drug-likeness (QED) is 0.573. The van der Waals surface area contributed by atoms with Crippen LogP contribution in [0.15, 0.2) is 16.6 Å². The van der Waals surface area contributed by atoms with Crippen LogP contribution in [-0.4, -0.2) is 34.3 Å². The third-order valence-corrected chi connectivity index (χ3v) is 4.33. The summed E-state index contributed by atoms with van der Waals surface area (Å²) in [6, 6.07) is 1.96. The fraction of sp³-hybridized carbons (Fsp3) is 0.500. The van der Waals surface area contributed by atoms with Crippen LogP contribution in [0, 0.1) is 6.92 Å². The van der Waals surface area contributed by atoms with E-state index in [-0.39, 0.29) is 0 Å². The molecule has 2 rings (SSSR count). The average Bonchev–Trinajstić information content (AvgIpc) is 2.90. The normalized spacial score (nSPS) is 10.6. The van der Waals surface area contributed by atoms with Gasteiger partial charge in [-0.1, -0.05) is 18.7 Å². The van der Waals surface area contributed by atoms with Crippen LogP contribution in [0.3, 0.4) is 0 Å². The molecule has 21 heavy (non-hydrogen) atoms. The molecule has 0 spiro atoms. The van der Waals surface area contributed by atoms with E-state index in [0.29, 0.717) is 0 Å². The maximum absolute atomic E-state index is 4.48. The monoisotopic (exact) mass is 323 g/mol. The van der Waals surface area contributed by atoms with Gasteiger partial charge in [-0.15, -0.1) is 11.3 Å². The molecule has 2 aromatic heterocycles. The molecule has 0 aliphatic heterocycles. The van der Waals surface area contributed by atoms with E-state index in [0.717, 1.165) is 53.4 Å². The summed E-state index contributed by atoms with van der Waals surface area (Å²) in [5, 5.41) is 10.7.